The molecule has 7 nitrogen and oxygen atoms in total. The van der Waals surface area contributed by atoms with Gasteiger partial charge in [0.05, 0.1) is 5.92 Å². The molecule has 0 aliphatic carbocycles. The van der Waals surface area contributed by atoms with Crippen molar-refractivity contribution in [2.45, 2.75) is 26.2 Å². The van der Waals surface area contributed by atoms with Crippen LogP contribution >= 0.6 is 0 Å². The van der Waals surface area contributed by atoms with Gasteiger partial charge in [-0.2, -0.15) is 0 Å². The normalized spacial score (nSPS) is 13.3. The van der Waals surface area contributed by atoms with E-state index in [-0.39, 0.29) is 11.7 Å². The molecule has 0 spiro atoms. The Morgan fingerprint density at radius 2 is 2.50 bits per heavy atom. The van der Waals surface area contributed by atoms with Crippen molar-refractivity contribution in [1.82, 2.24) is 15.3 Å². The first-order valence-corrected chi connectivity index (χ1v) is 5.92. The van der Waals surface area contributed by atoms with Gasteiger partial charge < -0.3 is 21.2 Å². The van der Waals surface area contributed by atoms with Crippen molar-refractivity contribution in [2.75, 3.05) is 6.54 Å². The van der Waals surface area contributed by atoms with Crippen LogP contribution in [0.25, 0.3) is 0 Å². The maximum atomic E-state index is 11.8. The largest absolute Gasteiger partial charge is 0.409 e. The molecule has 0 saturated carbocycles. The number of nitrogens with zero attached hydrogens (tertiary/aromatic N) is 2. The van der Waals surface area contributed by atoms with E-state index >= 15 is 0 Å². The number of rotatable bonds is 7. The highest BCUT2D eigenvalue weighted by Crippen LogP contribution is 2.06. The minimum Gasteiger partial charge on any atom is -0.409 e. The lowest BCUT2D eigenvalue weighted by atomic mass is 10.0. The first-order valence-electron chi connectivity index (χ1n) is 5.92. The van der Waals surface area contributed by atoms with E-state index in [2.05, 4.69) is 20.4 Å². The molecule has 0 radical (unpaired) electrons. The lowest BCUT2D eigenvalue weighted by Crippen LogP contribution is -2.39. The van der Waals surface area contributed by atoms with E-state index in [1.807, 2.05) is 6.92 Å². The highest BCUT2D eigenvalue weighted by molar-refractivity contribution is 6.02. The fourth-order valence-electron chi connectivity index (χ4n) is 1.63. The van der Waals surface area contributed by atoms with Crippen molar-refractivity contribution < 1.29 is 10.0 Å². The number of amidine groups is 1. The number of carbonyl (C=O) groups excluding carboxylic acids is 1. The molecule has 5 N–H and O–H groups in total. The van der Waals surface area contributed by atoms with Crippen LogP contribution in [0.4, 0.5) is 0 Å². The molecule has 1 aromatic rings. The van der Waals surface area contributed by atoms with Gasteiger partial charge >= 0.3 is 0 Å². The van der Waals surface area contributed by atoms with E-state index in [0.29, 0.717) is 19.4 Å². The summed E-state index contributed by atoms with van der Waals surface area (Å²) in [5, 5.41) is 14.3. The van der Waals surface area contributed by atoms with E-state index in [1.54, 1.807) is 12.4 Å². The molecule has 18 heavy (non-hydrogen) atoms. The molecular weight excluding hydrogens is 234 g/mol. The summed E-state index contributed by atoms with van der Waals surface area (Å²) in [6, 6.07) is 0. The quantitative estimate of drug-likeness (QED) is 0.241. The average Bonchev–Trinajstić information content (AvgIpc) is 2.88. The number of H-pyrrole nitrogens is 1. The van der Waals surface area contributed by atoms with Crippen LogP contribution in [-0.4, -0.2) is 33.5 Å². The van der Waals surface area contributed by atoms with Crippen molar-refractivity contribution in [3.05, 3.63) is 18.2 Å². The molecule has 1 rings (SSSR count). The molecule has 0 saturated heterocycles. The molecule has 0 bridgehead atoms. The van der Waals surface area contributed by atoms with Crippen LogP contribution in [0.5, 0.6) is 0 Å². The zero-order valence-electron chi connectivity index (χ0n) is 10.4. The number of aromatic nitrogens is 2. The van der Waals surface area contributed by atoms with E-state index in [1.165, 1.54) is 0 Å². The number of hydrogen-bond acceptors (Lipinski definition) is 4. The zero-order chi connectivity index (χ0) is 13.4. The van der Waals surface area contributed by atoms with Crippen LogP contribution in [0, 0.1) is 5.92 Å². The highest BCUT2D eigenvalue weighted by Gasteiger charge is 2.21. The van der Waals surface area contributed by atoms with E-state index in [4.69, 9.17) is 10.9 Å². The third kappa shape index (κ3) is 4.08. The number of amides is 1. The van der Waals surface area contributed by atoms with Crippen molar-refractivity contribution in [2.24, 2.45) is 16.8 Å². The molecule has 0 aliphatic rings. The molecule has 1 aromatic heterocycles. The molecule has 1 unspecified atom stereocenters. The predicted molar refractivity (Wildman–Crippen MR) is 67.1 cm³/mol. The number of nitrogens with two attached hydrogens (primary N) is 1. The van der Waals surface area contributed by atoms with E-state index in [9.17, 15) is 4.79 Å². The van der Waals surface area contributed by atoms with Gasteiger partial charge in [-0.3, -0.25) is 4.79 Å². The molecule has 100 valence electrons. The fourth-order valence-corrected chi connectivity index (χ4v) is 1.63. The van der Waals surface area contributed by atoms with Crippen molar-refractivity contribution in [1.29, 1.82) is 0 Å². The smallest absolute Gasteiger partial charge is 0.230 e. The molecular formula is C11H19N5O2. The summed E-state index contributed by atoms with van der Waals surface area (Å²) in [4.78, 5) is 18.8. The van der Waals surface area contributed by atoms with Crippen LogP contribution in [0.2, 0.25) is 0 Å². The van der Waals surface area contributed by atoms with Gasteiger partial charge in [-0.1, -0.05) is 18.5 Å². The Morgan fingerprint density at radius 3 is 3.06 bits per heavy atom. The number of oxime groups is 1. The summed E-state index contributed by atoms with van der Waals surface area (Å²) >= 11 is 0. The third-order valence-corrected chi connectivity index (χ3v) is 2.58. The van der Waals surface area contributed by atoms with Crippen molar-refractivity contribution >= 4 is 11.7 Å². The van der Waals surface area contributed by atoms with Crippen LogP contribution in [0.15, 0.2) is 17.5 Å². The van der Waals surface area contributed by atoms with Gasteiger partial charge in [-0.05, 0) is 6.42 Å². The van der Waals surface area contributed by atoms with Gasteiger partial charge in [0.15, 0.2) is 5.84 Å². The maximum Gasteiger partial charge on any atom is 0.230 e. The Bertz CT molecular complexity index is 388. The Balaban J connectivity index is 2.41. The molecule has 0 fully saturated rings. The number of hydrogen-bond donors (Lipinski definition) is 4. The Labute approximate surface area is 105 Å². The first-order chi connectivity index (χ1) is 8.69. The Morgan fingerprint density at radius 1 is 1.72 bits per heavy atom. The number of carbonyl (C=O) groups is 1. The number of imidazole rings is 1. The Kier molecular flexibility index (Phi) is 5.69. The van der Waals surface area contributed by atoms with Gasteiger partial charge in [0.25, 0.3) is 0 Å². The van der Waals surface area contributed by atoms with Crippen molar-refractivity contribution in [3.8, 4) is 0 Å². The maximum absolute atomic E-state index is 11.8. The molecule has 1 heterocycles. The molecule has 0 aliphatic heterocycles. The van der Waals surface area contributed by atoms with Crippen LogP contribution in [0.1, 0.15) is 25.6 Å². The summed E-state index contributed by atoms with van der Waals surface area (Å²) in [5.74, 6) is -0.0335. The van der Waals surface area contributed by atoms with Crippen LogP contribution < -0.4 is 11.1 Å². The van der Waals surface area contributed by atoms with Crippen LogP contribution in [0.3, 0.4) is 0 Å². The van der Waals surface area contributed by atoms with Gasteiger partial charge in [0.2, 0.25) is 5.91 Å². The minimum atomic E-state index is -0.573. The zero-order valence-corrected chi connectivity index (χ0v) is 10.4. The lowest BCUT2D eigenvalue weighted by Gasteiger charge is -2.14. The minimum absolute atomic E-state index is 0.0488. The van der Waals surface area contributed by atoms with E-state index < -0.39 is 5.92 Å². The van der Waals surface area contributed by atoms with Gasteiger partial charge in [-0.15, -0.1) is 0 Å². The summed E-state index contributed by atoms with van der Waals surface area (Å²) in [7, 11) is 0. The summed E-state index contributed by atoms with van der Waals surface area (Å²) < 4.78 is 0. The fraction of sp³-hybridized carbons (Fsp3) is 0.545. The average molecular weight is 253 g/mol. The second kappa shape index (κ2) is 7.31. The van der Waals surface area contributed by atoms with Crippen molar-refractivity contribution in [3.63, 3.8) is 0 Å². The molecule has 1 atom stereocenters. The molecule has 1 amide bonds. The SMILES string of the molecule is CCCC(C(=O)NCCc1ncc[nH]1)/C(N)=N/O. The third-order valence-electron chi connectivity index (χ3n) is 2.58. The summed E-state index contributed by atoms with van der Waals surface area (Å²) in [6.07, 6.45) is 5.35. The van der Waals surface area contributed by atoms with Crippen LogP contribution in [-0.2, 0) is 11.2 Å². The van der Waals surface area contributed by atoms with Gasteiger partial charge in [0.1, 0.15) is 5.82 Å². The monoisotopic (exact) mass is 253 g/mol. The first kappa shape index (κ1) is 14.0. The molecule has 0 aromatic carbocycles. The standard InChI is InChI=1S/C11H19N5O2/c1-2-3-8(10(12)16-18)11(17)15-5-4-9-13-6-7-14-9/h6-8,18H,2-5H2,1H3,(H2,12,16)(H,13,14)(H,15,17). The van der Waals surface area contributed by atoms with Gasteiger partial charge in [0, 0.05) is 25.4 Å². The lowest BCUT2D eigenvalue weighted by molar-refractivity contribution is -0.123. The number of aromatic amines is 1. The van der Waals surface area contributed by atoms with E-state index in [0.717, 1.165) is 12.2 Å². The molecule has 7 heteroatoms. The Hall–Kier alpha value is -2.05. The summed E-state index contributed by atoms with van der Waals surface area (Å²) in [6.45, 7) is 2.40. The van der Waals surface area contributed by atoms with Gasteiger partial charge in [-0.25, -0.2) is 4.98 Å². The number of nitrogens with one attached hydrogen (secondary N) is 2. The predicted octanol–water partition coefficient (Wildman–Crippen LogP) is 0.231. The summed E-state index contributed by atoms with van der Waals surface area (Å²) in [5.41, 5.74) is 5.49. The highest BCUT2D eigenvalue weighted by atomic mass is 16.4. The second-order valence-corrected chi connectivity index (χ2v) is 3.94. The topological polar surface area (TPSA) is 116 Å². The second-order valence-electron chi connectivity index (χ2n) is 3.94.